The van der Waals surface area contributed by atoms with Gasteiger partial charge in [-0.2, -0.15) is 0 Å². The van der Waals surface area contributed by atoms with Gasteiger partial charge in [0.25, 0.3) is 5.69 Å². The summed E-state index contributed by atoms with van der Waals surface area (Å²) in [5.74, 6) is 0. The van der Waals surface area contributed by atoms with Crippen LogP contribution in [0.15, 0.2) is 48.5 Å². The van der Waals surface area contributed by atoms with Crippen molar-refractivity contribution in [3.63, 3.8) is 0 Å². The summed E-state index contributed by atoms with van der Waals surface area (Å²) < 4.78 is 10.7. The first kappa shape index (κ1) is 39.8. The second kappa shape index (κ2) is 23.3. The molecule has 6 N–H and O–H groups in total. The van der Waals surface area contributed by atoms with E-state index in [0.29, 0.717) is 12.1 Å². The molecule has 0 atom stereocenters. The third-order valence-electron chi connectivity index (χ3n) is 7.26. The second-order valence-electron chi connectivity index (χ2n) is 9.88. The van der Waals surface area contributed by atoms with E-state index in [1.165, 1.54) is 5.56 Å². The van der Waals surface area contributed by atoms with Crippen LogP contribution in [0.4, 0.5) is 11.4 Å². The molecule has 0 aromatic heterocycles. The number of ether oxygens (including phenoxy) is 2. The standard InChI is InChI=1S/C14H20N2O3.C14H22N2O.2ClH.2H2O.Sn/c1-15(13-7-10-19-11-8-13)9-6-12-2-4-14(5-3-12)16(17)18;1-16(14-7-10-17-11-8-14)9-6-12-2-4-13(15)5-3-12;;;;;/h2-5,13H,6-11H2,1H3;2-5,14H,6-11,15H2,1H3;2*1H;2*1H2;/q;;;;;;+2/p-2. The van der Waals surface area contributed by atoms with Crippen molar-refractivity contribution in [3.8, 4) is 0 Å². The van der Waals surface area contributed by atoms with Crippen LogP contribution in [-0.4, -0.2) is 110 Å². The summed E-state index contributed by atoms with van der Waals surface area (Å²) in [6.45, 7) is 5.61. The molecule has 4 rings (SSSR count). The van der Waals surface area contributed by atoms with Crippen LogP contribution in [-0.2, 0) is 22.3 Å². The summed E-state index contributed by atoms with van der Waals surface area (Å²) >= 11 is -0.826. The number of nitrogens with two attached hydrogens (primary N) is 1. The van der Waals surface area contributed by atoms with E-state index in [1.54, 1.807) is 12.1 Å². The quantitative estimate of drug-likeness (QED) is 0.180. The van der Waals surface area contributed by atoms with Gasteiger partial charge in [0.2, 0.25) is 0 Å². The first-order valence-corrected chi connectivity index (χ1v) is 20.7. The van der Waals surface area contributed by atoms with Crippen LogP contribution in [0.5, 0.6) is 0 Å². The fraction of sp³-hybridized carbons (Fsp3) is 0.571. The van der Waals surface area contributed by atoms with Gasteiger partial charge in [0.15, 0.2) is 0 Å². The van der Waals surface area contributed by atoms with Gasteiger partial charge >= 0.3 is 36.7 Å². The summed E-state index contributed by atoms with van der Waals surface area (Å²) in [7, 11) is 14.2. The number of hydrogen-bond acceptors (Lipinski definition) is 7. The molecular formula is C28H46Cl2N4O6Sn. The molecule has 0 unspecified atom stereocenters. The van der Waals surface area contributed by atoms with Crippen LogP contribution in [0, 0.1) is 10.1 Å². The zero-order valence-electron chi connectivity index (χ0n) is 24.1. The van der Waals surface area contributed by atoms with Crippen molar-refractivity contribution in [1.29, 1.82) is 0 Å². The zero-order chi connectivity index (χ0) is 28.5. The summed E-state index contributed by atoms with van der Waals surface area (Å²) in [6.07, 6.45) is 6.53. The van der Waals surface area contributed by atoms with Crippen molar-refractivity contribution in [2.24, 2.45) is 0 Å². The third kappa shape index (κ3) is 16.3. The van der Waals surface area contributed by atoms with E-state index in [0.717, 1.165) is 89.3 Å². The molecule has 2 heterocycles. The Morgan fingerprint density at radius 3 is 1.49 bits per heavy atom. The Morgan fingerprint density at radius 1 is 0.805 bits per heavy atom. The van der Waals surface area contributed by atoms with Gasteiger partial charge in [0, 0.05) is 69.4 Å². The number of nitro benzene ring substituents is 1. The van der Waals surface area contributed by atoms with E-state index >= 15 is 0 Å². The predicted octanol–water partition coefficient (Wildman–Crippen LogP) is 3.52. The summed E-state index contributed by atoms with van der Waals surface area (Å²) in [5.41, 5.74) is 9.17. The van der Waals surface area contributed by atoms with Gasteiger partial charge in [0.1, 0.15) is 0 Å². The van der Waals surface area contributed by atoms with E-state index in [9.17, 15) is 10.1 Å². The number of hydrogen-bond donors (Lipinski definition) is 1. The minimum atomic E-state index is -0.826. The third-order valence-corrected chi connectivity index (χ3v) is 7.26. The first-order valence-electron chi connectivity index (χ1n) is 13.4. The Morgan fingerprint density at radius 2 is 1.15 bits per heavy atom. The summed E-state index contributed by atoms with van der Waals surface area (Å²) in [5, 5.41) is 10.6. The number of nitrogens with zero attached hydrogens (tertiary/aromatic N) is 3. The van der Waals surface area contributed by atoms with Gasteiger partial charge in [-0.05, 0) is 75.9 Å². The second-order valence-corrected chi connectivity index (χ2v) is 14.1. The molecule has 2 fully saturated rings. The maximum atomic E-state index is 10.6. The molecule has 0 saturated carbocycles. The normalized spacial score (nSPS) is 15.5. The SMILES string of the molecule is CN(CCc1ccc(N)cc1)C1CCOCC1.CN(CCc1ccc([N+](=O)[O-])cc1)C1CCOCC1.O.O.[Cl][Sn][Cl]. The first-order chi connectivity index (χ1) is 18.8. The van der Waals surface area contributed by atoms with Crippen molar-refractivity contribution < 1.29 is 25.3 Å². The fourth-order valence-electron chi connectivity index (χ4n) is 4.70. The molecular weight excluding hydrogens is 678 g/mol. The number of rotatable bonds is 9. The van der Waals surface area contributed by atoms with Crippen LogP contribution in [0.2, 0.25) is 0 Å². The van der Waals surface area contributed by atoms with Crippen LogP contribution in [0.25, 0.3) is 0 Å². The van der Waals surface area contributed by atoms with E-state index in [2.05, 4.69) is 36.0 Å². The molecule has 2 aromatic rings. The van der Waals surface area contributed by atoms with Gasteiger partial charge in [-0.25, -0.2) is 0 Å². The fourth-order valence-corrected chi connectivity index (χ4v) is 4.70. The number of halogens is 2. The van der Waals surface area contributed by atoms with Gasteiger partial charge in [-0.3, -0.25) is 10.1 Å². The Balaban J connectivity index is 0.000000685. The van der Waals surface area contributed by atoms with Crippen molar-refractivity contribution in [3.05, 3.63) is 69.8 Å². The van der Waals surface area contributed by atoms with E-state index in [1.807, 2.05) is 24.3 Å². The Kier molecular flexibility index (Phi) is 22.6. The summed E-state index contributed by atoms with van der Waals surface area (Å²) in [6, 6.07) is 16.3. The van der Waals surface area contributed by atoms with E-state index in [-0.39, 0.29) is 21.6 Å². The molecule has 2 saturated heterocycles. The minimum absolute atomic E-state index is 0. The Labute approximate surface area is 261 Å². The predicted molar refractivity (Wildman–Crippen MR) is 169 cm³/mol. The van der Waals surface area contributed by atoms with Crippen LogP contribution < -0.4 is 5.73 Å². The zero-order valence-corrected chi connectivity index (χ0v) is 28.4. The van der Waals surface area contributed by atoms with Crippen LogP contribution in [0.1, 0.15) is 36.8 Å². The Bertz CT molecular complexity index is 934. The number of non-ortho nitro benzene ring substituents is 1. The van der Waals surface area contributed by atoms with Crippen molar-refractivity contribution >= 4 is 48.1 Å². The van der Waals surface area contributed by atoms with Crippen molar-refractivity contribution in [2.75, 3.05) is 59.3 Å². The van der Waals surface area contributed by atoms with Crippen molar-refractivity contribution in [2.45, 2.75) is 50.6 Å². The number of nitrogen functional groups attached to an aromatic ring is 1. The maximum absolute atomic E-state index is 10.6. The molecule has 0 bridgehead atoms. The monoisotopic (exact) mass is 724 g/mol. The summed E-state index contributed by atoms with van der Waals surface area (Å²) in [4.78, 5) is 15.0. The van der Waals surface area contributed by atoms with Gasteiger partial charge in [0.05, 0.1) is 4.92 Å². The number of nitro groups is 1. The number of likely N-dealkylation sites (N-methyl/N-ethyl adjacent to an activating group) is 2. The Hall–Kier alpha value is -1.22. The van der Waals surface area contributed by atoms with E-state index < -0.39 is 18.9 Å². The molecule has 41 heavy (non-hydrogen) atoms. The van der Waals surface area contributed by atoms with Crippen LogP contribution >= 0.6 is 17.8 Å². The molecule has 2 aliphatic heterocycles. The topological polar surface area (TPSA) is 157 Å². The molecule has 0 amide bonds. The molecule has 10 nitrogen and oxygen atoms in total. The van der Waals surface area contributed by atoms with Crippen LogP contribution in [0.3, 0.4) is 0 Å². The van der Waals surface area contributed by atoms with Crippen molar-refractivity contribution in [1.82, 2.24) is 9.80 Å². The van der Waals surface area contributed by atoms with E-state index in [4.69, 9.17) is 33.0 Å². The molecule has 0 aliphatic carbocycles. The molecule has 232 valence electrons. The molecule has 13 heteroatoms. The van der Waals surface area contributed by atoms with Gasteiger partial charge < -0.3 is 36.0 Å². The molecule has 2 aliphatic rings. The van der Waals surface area contributed by atoms with Gasteiger partial charge in [-0.15, -0.1) is 0 Å². The average molecular weight is 724 g/mol. The number of benzene rings is 2. The average Bonchev–Trinajstić information content (AvgIpc) is 2.97. The molecule has 2 radical (unpaired) electrons. The molecule has 2 aromatic carbocycles. The number of anilines is 1. The molecule has 0 spiro atoms. The van der Waals surface area contributed by atoms with Gasteiger partial charge in [-0.1, -0.05) is 24.3 Å².